The second kappa shape index (κ2) is 61.4. The molecule has 18 rings (SSSR count). The van der Waals surface area contributed by atoms with Crippen molar-refractivity contribution in [3.63, 3.8) is 0 Å². The SMILES string of the molecule is CN(C)c1ccc(-c2[c-]cc(F)cc2F)nc1.CN1C=CN(c2[c-]cccc2)[CH-]1.CN=C(c1[c-]c(N(c2[c-]c(C(=NC)c3ccccc3)ccc2)c2ccc(-c3ccccc3)cc2)ccc1)c1ccccc1.Cc1cccnc1-c1[c-]cc(F)cc1F.Fc1c[c-]c(-c2ccccn2)c(F)c1.[C-]#[N+]c1c(F)c[c-]c(-c2cc(N(C)C)ccn2)c1F.[C-]#[N+]c1cc[c-]c(-c2cc(N(C)C)ccn2)c1.[Ir].[Ir].[Ir].[Ir].[Ir].[Ir].[Pt+2]. The maximum atomic E-state index is 14.0. The van der Waals surface area contributed by atoms with Gasteiger partial charge in [-0.2, -0.15) is 43.1 Å². The summed E-state index contributed by atoms with van der Waals surface area (Å²) in [6.45, 7) is 17.6. The van der Waals surface area contributed by atoms with Crippen LogP contribution in [-0.4, -0.2) is 105 Å². The summed E-state index contributed by atoms with van der Waals surface area (Å²) in [6.07, 6.45) is 12.0. The quantitative estimate of drug-likeness (QED) is 0.0493. The monoisotopic (exact) mass is 3170 g/mol. The van der Waals surface area contributed by atoms with Crippen molar-refractivity contribution in [2.24, 2.45) is 9.98 Å². The molecule has 0 spiro atoms. The molecule has 0 unspecified atom stereocenters. The third-order valence-corrected chi connectivity index (χ3v) is 20.4. The van der Waals surface area contributed by atoms with E-state index < -0.39 is 52.2 Å². The molecule has 5 aromatic heterocycles. The first-order valence-corrected chi connectivity index (χ1v) is 42.5. The average molecular weight is 3170 g/mol. The molecule has 144 heavy (non-hydrogen) atoms. The molecule has 0 fully saturated rings. The van der Waals surface area contributed by atoms with Crippen molar-refractivity contribution >= 4 is 62.6 Å². The van der Waals surface area contributed by atoms with Crippen LogP contribution in [-0.2, 0) is 142 Å². The summed E-state index contributed by atoms with van der Waals surface area (Å²) in [5.74, 6) is -5.71. The van der Waals surface area contributed by atoms with Crippen molar-refractivity contribution in [1.29, 1.82) is 0 Å². The number of pyridine rings is 5. The van der Waals surface area contributed by atoms with Gasteiger partial charge in [-0.15, -0.1) is 143 Å². The zero-order valence-electron chi connectivity index (χ0n) is 78.5. The Bertz CT molecular complexity index is 6990. The first-order valence-electron chi connectivity index (χ1n) is 42.5. The molecule has 0 aliphatic carbocycles. The van der Waals surface area contributed by atoms with Gasteiger partial charge in [-0.05, 0) is 142 Å². The Balaban J connectivity index is 0.000000310. The van der Waals surface area contributed by atoms with Gasteiger partial charge in [0.1, 0.15) is 5.69 Å². The van der Waals surface area contributed by atoms with Crippen LogP contribution in [0.4, 0.5) is 86.3 Å². The molecule has 0 atom stereocenters. The van der Waals surface area contributed by atoms with E-state index in [2.05, 4.69) is 207 Å². The fourth-order valence-electron chi connectivity index (χ4n) is 13.5. The Hall–Kier alpha value is -12.7. The third kappa shape index (κ3) is 34.2. The molecule has 0 saturated carbocycles. The van der Waals surface area contributed by atoms with Gasteiger partial charge in [0.2, 0.25) is 0 Å². The normalized spacial score (nSPS) is 10.6. The van der Waals surface area contributed by atoms with E-state index in [-0.39, 0.29) is 164 Å². The number of hydrogen-bond acceptors (Lipinski definition) is 13. The van der Waals surface area contributed by atoms with Gasteiger partial charge in [0.15, 0.2) is 5.69 Å². The number of aliphatic imine (C=N–C) groups is 2. The zero-order valence-corrected chi connectivity index (χ0v) is 95.2. The number of para-hydroxylation sites is 1. The summed E-state index contributed by atoms with van der Waals surface area (Å²) in [6, 6.07) is 115. The van der Waals surface area contributed by atoms with Crippen LogP contribution in [0.15, 0.2) is 357 Å². The molecule has 1 aliphatic heterocycles. The maximum Gasteiger partial charge on any atom is 2.00 e. The Morgan fingerprint density at radius 1 is 0.389 bits per heavy atom. The summed E-state index contributed by atoms with van der Waals surface area (Å²) in [7, 11) is 17.1. The van der Waals surface area contributed by atoms with Crippen LogP contribution >= 0.6 is 0 Å². The van der Waals surface area contributed by atoms with Crippen LogP contribution in [0.5, 0.6) is 0 Å². The van der Waals surface area contributed by atoms with E-state index in [9.17, 15) is 35.1 Å². The van der Waals surface area contributed by atoms with Crippen molar-refractivity contribution < 1.29 is 177 Å². The first-order chi connectivity index (χ1) is 66.4. The fourth-order valence-corrected chi connectivity index (χ4v) is 13.5. The van der Waals surface area contributed by atoms with Crippen LogP contribution in [0.25, 0.3) is 77.1 Å². The van der Waals surface area contributed by atoms with Gasteiger partial charge in [0.05, 0.1) is 18.8 Å². The number of rotatable bonds is 17. The number of hydrogen-bond donors (Lipinski definition) is 0. The topological polar surface area (TPSA) is 117 Å². The molecule has 746 valence electrons. The van der Waals surface area contributed by atoms with Crippen LogP contribution in [0.1, 0.15) is 27.8 Å². The Morgan fingerprint density at radius 3 is 1.33 bits per heavy atom. The molecule has 6 radical (unpaired) electrons. The first kappa shape index (κ1) is 122. The minimum Gasteiger partial charge on any atom is -0.510 e. The van der Waals surface area contributed by atoms with Crippen molar-refractivity contribution in [2.45, 2.75) is 6.92 Å². The van der Waals surface area contributed by atoms with E-state index in [1.165, 1.54) is 11.8 Å². The number of anilines is 7. The summed E-state index contributed by atoms with van der Waals surface area (Å²) in [5.41, 5.74) is 19.5. The zero-order chi connectivity index (χ0) is 97.3. The number of benzene rings is 12. The molecular formula is C114H88F8Ir6N15Pt-7. The number of aromatic nitrogens is 5. The molecule has 0 N–H and O–H groups in total. The summed E-state index contributed by atoms with van der Waals surface area (Å²) in [4.78, 5) is 48.0. The van der Waals surface area contributed by atoms with Crippen LogP contribution in [0.3, 0.4) is 0 Å². The predicted molar refractivity (Wildman–Crippen MR) is 532 cm³/mol. The number of aryl methyl sites for hydroxylation is 1. The smallest absolute Gasteiger partial charge is 0.510 e. The van der Waals surface area contributed by atoms with Crippen LogP contribution < -0.4 is 24.5 Å². The minimum absolute atomic E-state index is 0. The van der Waals surface area contributed by atoms with E-state index in [1.807, 2.05) is 205 Å². The Labute approximate surface area is 931 Å². The van der Waals surface area contributed by atoms with E-state index >= 15 is 0 Å². The summed E-state index contributed by atoms with van der Waals surface area (Å²) >= 11 is 0. The third-order valence-electron chi connectivity index (χ3n) is 20.4. The van der Waals surface area contributed by atoms with Crippen molar-refractivity contribution in [3.05, 3.63) is 499 Å². The molecule has 12 aromatic carbocycles. The van der Waals surface area contributed by atoms with Gasteiger partial charge in [-0.1, -0.05) is 180 Å². The molecule has 1 aliphatic rings. The molecule has 6 heterocycles. The van der Waals surface area contributed by atoms with Crippen LogP contribution in [0, 0.1) is 122 Å². The van der Waals surface area contributed by atoms with E-state index in [4.69, 9.17) is 13.1 Å². The van der Waals surface area contributed by atoms with Gasteiger partial charge in [0, 0.05) is 272 Å². The predicted octanol–water partition coefficient (Wildman–Crippen LogP) is 26.6. The van der Waals surface area contributed by atoms with Gasteiger partial charge in [-0.25, -0.2) is 0 Å². The Morgan fingerprint density at radius 2 is 0.868 bits per heavy atom. The largest absolute Gasteiger partial charge is 2.00 e. The van der Waals surface area contributed by atoms with E-state index in [1.54, 1.807) is 85.5 Å². The van der Waals surface area contributed by atoms with Gasteiger partial charge in [0.25, 0.3) is 0 Å². The fraction of sp³-hybridized carbons (Fsp3) is 0.0877. The molecule has 17 aromatic rings. The molecular weight excluding hydrogens is 3080 g/mol. The number of halogens is 8. The second-order valence-electron chi connectivity index (χ2n) is 30.5. The van der Waals surface area contributed by atoms with Crippen LogP contribution in [0.2, 0.25) is 0 Å². The minimum atomic E-state index is -0.932. The average Bonchev–Trinajstić information content (AvgIpc) is 1.08. The van der Waals surface area contributed by atoms with Gasteiger partial charge < -0.3 is 64.3 Å². The molecule has 15 nitrogen and oxygen atoms in total. The molecule has 0 bridgehead atoms. The maximum absolute atomic E-state index is 14.0. The second-order valence-corrected chi connectivity index (χ2v) is 30.5. The van der Waals surface area contributed by atoms with Gasteiger partial charge >= 0.3 is 21.1 Å². The summed E-state index contributed by atoms with van der Waals surface area (Å²) in [5, 5.41) is 0. The Kier molecular flexibility index (Phi) is 51.9. The van der Waals surface area contributed by atoms with Crippen molar-refractivity contribution in [1.82, 2.24) is 29.8 Å². The standard InChI is InChI=1S/C40H31N3.C14H10F2N3.C14H12N3.C13H11F2N2.C12H8F2N.C11H6F2N.C10H10N2.6Ir.Pt/c1-41-39(32-16-8-4-9-17-32)34-20-12-22-37(28-34)43(36-26-24-31(25-27-36)30-14-6-3-7-15-30)38-23-13-21-35(29-38)40(42-2)33-18-10-5-11-19-33;1-17-14-11(15)5-4-10(13(14)16)12-8-9(19(2)3)6-7-18-12;1-15-12-6-4-5-11(9-12)14-10-13(17(2)3)7-8-16-14;1-17(2)10-4-6-13(16-8-10)11-5-3-9(14)7-12(11)15;1-8-3-2-6-15-12(8)10-5-4-9(13)7-11(10)14;12-8-4-5-9(10(13)7-8)11-3-1-2-6-14-11;1-11-7-8-12(9-11)10-5-3-2-4-6-10;;;;;;;/h3-27H,1-2H3;5-8H,2-3H3;4,6-10H,2-3H3;3-4,6-8H,1-2H3;2-4,6-7H,1H3;1-4,6-7H;2-5,7-9H,1H3;;;;;;;/q-2;5*-1;-2;;;;;;;+2. The van der Waals surface area contributed by atoms with Crippen molar-refractivity contribution in [2.75, 3.05) is 87.9 Å². The molecule has 0 saturated heterocycles. The number of nitrogens with zero attached hydrogens (tertiary/aromatic N) is 15. The van der Waals surface area contributed by atoms with E-state index in [0.717, 1.165) is 138 Å². The van der Waals surface area contributed by atoms with Gasteiger partial charge in [-0.3, -0.25) is 44.8 Å². The molecule has 0 amide bonds. The van der Waals surface area contributed by atoms with E-state index in [0.29, 0.717) is 28.5 Å². The summed E-state index contributed by atoms with van der Waals surface area (Å²) < 4.78 is 105. The van der Waals surface area contributed by atoms with Crippen molar-refractivity contribution in [3.8, 4) is 67.4 Å². The molecule has 30 heteroatoms.